The smallest absolute Gasteiger partial charge is 0.263 e. The van der Waals surface area contributed by atoms with Crippen LogP contribution in [0.1, 0.15) is 15.2 Å². The van der Waals surface area contributed by atoms with E-state index in [-0.39, 0.29) is 5.91 Å². The number of methoxy groups -OCH3 is 2. The average Bonchev–Trinajstić information content (AvgIpc) is 2.96. The van der Waals surface area contributed by atoms with Gasteiger partial charge in [0.25, 0.3) is 5.91 Å². The predicted molar refractivity (Wildman–Crippen MR) is 97.6 cm³/mol. The largest absolute Gasteiger partial charge is 0.497 e. The number of carbonyl (C=O) groups is 1. The number of hydrogen-bond donors (Lipinski definition) is 1. The Balaban J connectivity index is 1.76. The van der Waals surface area contributed by atoms with Crippen LogP contribution in [0.5, 0.6) is 11.5 Å². The van der Waals surface area contributed by atoms with E-state index in [4.69, 9.17) is 21.1 Å². The molecule has 1 amide bonds. The fraction of sp³-hybridized carbons (Fsp3) is 0.167. The zero-order valence-corrected chi connectivity index (χ0v) is 14.8. The van der Waals surface area contributed by atoms with E-state index >= 15 is 0 Å². The Kier molecular flexibility index (Phi) is 4.92. The maximum absolute atomic E-state index is 12.4. The van der Waals surface area contributed by atoms with Crippen LogP contribution in [0.3, 0.4) is 0 Å². The number of carbonyl (C=O) groups excluding carboxylic acids is 1. The Morgan fingerprint density at radius 3 is 2.42 bits per heavy atom. The van der Waals surface area contributed by atoms with Crippen LogP contribution in [-0.2, 0) is 6.54 Å². The fourth-order valence-corrected chi connectivity index (χ4v) is 3.73. The van der Waals surface area contributed by atoms with E-state index in [1.54, 1.807) is 14.2 Å². The number of hydrogen-bond acceptors (Lipinski definition) is 4. The molecule has 1 N–H and O–H groups in total. The molecule has 0 aliphatic carbocycles. The summed E-state index contributed by atoms with van der Waals surface area (Å²) in [5.74, 6) is 1.31. The molecule has 24 heavy (non-hydrogen) atoms. The maximum atomic E-state index is 12.4. The molecule has 2 aromatic carbocycles. The molecule has 1 heterocycles. The summed E-state index contributed by atoms with van der Waals surface area (Å²) in [6, 6.07) is 13.2. The van der Waals surface area contributed by atoms with E-state index < -0.39 is 0 Å². The van der Waals surface area contributed by atoms with E-state index in [1.807, 2.05) is 42.5 Å². The van der Waals surface area contributed by atoms with E-state index in [2.05, 4.69) is 5.32 Å². The van der Waals surface area contributed by atoms with Crippen molar-refractivity contribution in [2.75, 3.05) is 14.2 Å². The van der Waals surface area contributed by atoms with Crippen molar-refractivity contribution in [1.82, 2.24) is 5.32 Å². The van der Waals surface area contributed by atoms with Crippen molar-refractivity contribution in [3.8, 4) is 11.5 Å². The van der Waals surface area contributed by atoms with Gasteiger partial charge in [-0.1, -0.05) is 23.7 Å². The number of halogens is 1. The summed E-state index contributed by atoms with van der Waals surface area (Å²) < 4.78 is 11.3. The van der Waals surface area contributed by atoms with Crippen molar-refractivity contribution in [2.45, 2.75) is 6.54 Å². The Morgan fingerprint density at radius 2 is 1.75 bits per heavy atom. The van der Waals surface area contributed by atoms with Gasteiger partial charge in [-0.25, -0.2) is 0 Å². The van der Waals surface area contributed by atoms with Gasteiger partial charge in [0.05, 0.1) is 19.2 Å². The maximum Gasteiger partial charge on any atom is 0.263 e. The number of nitrogens with one attached hydrogen (secondary N) is 1. The summed E-state index contributed by atoms with van der Waals surface area (Å²) in [5, 5.41) is 4.19. The second kappa shape index (κ2) is 7.11. The quantitative estimate of drug-likeness (QED) is 0.727. The number of rotatable bonds is 5. The van der Waals surface area contributed by atoms with Crippen LogP contribution in [0, 0.1) is 0 Å². The van der Waals surface area contributed by atoms with Crippen LogP contribution >= 0.6 is 22.9 Å². The molecule has 0 atom stereocenters. The normalized spacial score (nSPS) is 10.6. The Labute approximate surface area is 149 Å². The molecular formula is C18H16ClNO3S. The third kappa shape index (κ3) is 3.32. The van der Waals surface area contributed by atoms with Gasteiger partial charge in [0, 0.05) is 16.6 Å². The van der Waals surface area contributed by atoms with Gasteiger partial charge in [0.2, 0.25) is 0 Å². The van der Waals surface area contributed by atoms with E-state index in [0.717, 1.165) is 21.4 Å². The second-order valence-corrected chi connectivity index (χ2v) is 6.57. The van der Waals surface area contributed by atoms with E-state index in [9.17, 15) is 4.79 Å². The van der Waals surface area contributed by atoms with Crippen molar-refractivity contribution in [3.63, 3.8) is 0 Å². The number of benzene rings is 2. The molecule has 3 rings (SSSR count). The summed E-state index contributed by atoms with van der Waals surface area (Å²) in [4.78, 5) is 13.0. The van der Waals surface area contributed by atoms with Crippen molar-refractivity contribution in [3.05, 3.63) is 57.9 Å². The standard InChI is InChI=1S/C18H16ClNO3S/c1-22-12-5-3-11(4-6-12)10-20-18(21)17-16(19)14-9-13(23-2)7-8-15(14)24-17/h3-9H,10H2,1-2H3,(H,20,21). The Hall–Kier alpha value is -2.24. The molecule has 3 aromatic rings. The molecule has 0 aliphatic rings. The third-order valence-corrected chi connectivity index (χ3v) is 5.33. The zero-order valence-electron chi connectivity index (χ0n) is 13.3. The topological polar surface area (TPSA) is 47.6 Å². The molecule has 0 saturated carbocycles. The Morgan fingerprint density at radius 1 is 1.08 bits per heavy atom. The van der Waals surface area contributed by atoms with Gasteiger partial charge >= 0.3 is 0 Å². The van der Waals surface area contributed by atoms with Crippen LogP contribution in [-0.4, -0.2) is 20.1 Å². The first-order valence-corrected chi connectivity index (χ1v) is 8.49. The molecule has 0 radical (unpaired) electrons. The monoisotopic (exact) mass is 361 g/mol. The van der Waals surface area contributed by atoms with Gasteiger partial charge in [-0.3, -0.25) is 4.79 Å². The molecule has 4 nitrogen and oxygen atoms in total. The van der Waals surface area contributed by atoms with Crippen LogP contribution in [0.25, 0.3) is 10.1 Å². The van der Waals surface area contributed by atoms with Gasteiger partial charge in [0.15, 0.2) is 0 Å². The van der Waals surface area contributed by atoms with Crippen LogP contribution in [0.2, 0.25) is 5.02 Å². The minimum atomic E-state index is -0.184. The number of ether oxygens (including phenoxy) is 2. The molecule has 0 saturated heterocycles. The molecule has 0 bridgehead atoms. The highest BCUT2D eigenvalue weighted by molar-refractivity contribution is 7.21. The molecule has 124 valence electrons. The van der Waals surface area contributed by atoms with Crippen molar-refractivity contribution in [2.24, 2.45) is 0 Å². The molecule has 1 aromatic heterocycles. The highest BCUT2D eigenvalue weighted by Gasteiger charge is 2.17. The molecular weight excluding hydrogens is 346 g/mol. The number of thiophene rings is 1. The zero-order chi connectivity index (χ0) is 17.1. The SMILES string of the molecule is COc1ccc(CNC(=O)c2sc3ccc(OC)cc3c2Cl)cc1. The van der Waals surface area contributed by atoms with Crippen LogP contribution in [0.15, 0.2) is 42.5 Å². The average molecular weight is 362 g/mol. The lowest BCUT2D eigenvalue weighted by Gasteiger charge is -2.05. The summed E-state index contributed by atoms with van der Waals surface area (Å²) in [6.07, 6.45) is 0. The van der Waals surface area contributed by atoms with Crippen molar-refractivity contribution in [1.29, 1.82) is 0 Å². The van der Waals surface area contributed by atoms with Crippen LogP contribution in [0.4, 0.5) is 0 Å². The summed E-state index contributed by atoms with van der Waals surface area (Å²) >= 11 is 7.75. The molecule has 0 aliphatic heterocycles. The first-order chi connectivity index (χ1) is 11.6. The minimum Gasteiger partial charge on any atom is -0.497 e. The van der Waals surface area contributed by atoms with Gasteiger partial charge < -0.3 is 14.8 Å². The molecule has 0 spiro atoms. The highest BCUT2D eigenvalue weighted by Crippen LogP contribution is 2.37. The molecule has 0 unspecified atom stereocenters. The third-order valence-electron chi connectivity index (χ3n) is 3.65. The summed E-state index contributed by atoms with van der Waals surface area (Å²) in [7, 11) is 3.22. The van der Waals surface area contributed by atoms with Gasteiger partial charge in [0.1, 0.15) is 16.4 Å². The highest BCUT2D eigenvalue weighted by atomic mass is 35.5. The van der Waals surface area contributed by atoms with Crippen molar-refractivity contribution >= 4 is 38.9 Å². The lowest BCUT2D eigenvalue weighted by atomic mass is 10.2. The number of fused-ring (bicyclic) bond motifs is 1. The second-order valence-electron chi connectivity index (χ2n) is 5.14. The molecule has 0 fully saturated rings. The molecule has 6 heteroatoms. The first-order valence-electron chi connectivity index (χ1n) is 7.29. The van der Waals surface area contributed by atoms with Crippen molar-refractivity contribution < 1.29 is 14.3 Å². The van der Waals surface area contributed by atoms with Gasteiger partial charge in [-0.2, -0.15) is 0 Å². The number of amides is 1. The summed E-state index contributed by atoms with van der Waals surface area (Å²) in [5.41, 5.74) is 0.989. The van der Waals surface area contributed by atoms with E-state index in [1.165, 1.54) is 11.3 Å². The fourth-order valence-electron chi connectivity index (χ4n) is 2.33. The first kappa shape index (κ1) is 16.6. The summed E-state index contributed by atoms with van der Waals surface area (Å²) in [6.45, 7) is 0.427. The van der Waals surface area contributed by atoms with Crippen LogP contribution < -0.4 is 14.8 Å². The Bertz CT molecular complexity index is 874. The minimum absolute atomic E-state index is 0.184. The van der Waals surface area contributed by atoms with E-state index in [0.29, 0.717) is 22.2 Å². The van der Waals surface area contributed by atoms with Gasteiger partial charge in [-0.05, 0) is 35.9 Å². The lowest BCUT2D eigenvalue weighted by Crippen LogP contribution is -2.22. The predicted octanol–water partition coefficient (Wildman–Crippen LogP) is 4.50. The lowest BCUT2D eigenvalue weighted by molar-refractivity contribution is 0.0955. The van der Waals surface area contributed by atoms with Gasteiger partial charge in [-0.15, -0.1) is 11.3 Å².